The van der Waals surface area contributed by atoms with Crippen molar-refractivity contribution in [1.29, 1.82) is 0 Å². The van der Waals surface area contributed by atoms with Crippen molar-refractivity contribution < 1.29 is 4.79 Å². The zero-order valence-electron chi connectivity index (χ0n) is 13.6. The number of likely N-dealkylation sites (N-methyl/N-ethyl adjacent to an activating group) is 1. The number of rotatable bonds is 4. The van der Waals surface area contributed by atoms with E-state index in [1.807, 2.05) is 26.0 Å². The number of benzene rings is 1. The number of carbonyl (C=O) groups is 1. The Morgan fingerprint density at radius 2 is 2.09 bits per heavy atom. The van der Waals surface area contributed by atoms with Crippen LogP contribution in [0.15, 0.2) is 36.5 Å². The lowest BCUT2D eigenvalue weighted by atomic mass is 10.0. The van der Waals surface area contributed by atoms with E-state index in [1.165, 1.54) is 5.56 Å². The van der Waals surface area contributed by atoms with E-state index in [1.54, 1.807) is 10.9 Å². The van der Waals surface area contributed by atoms with E-state index >= 15 is 0 Å². The van der Waals surface area contributed by atoms with E-state index in [0.717, 1.165) is 27.9 Å². The zero-order chi connectivity index (χ0) is 16.4. The highest BCUT2D eigenvalue weighted by molar-refractivity contribution is 5.95. The Labute approximate surface area is 135 Å². The molecule has 0 atom stereocenters. The lowest BCUT2D eigenvalue weighted by Gasteiger charge is -2.06. The quantitative estimate of drug-likeness (QED) is 0.806. The summed E-state index contributed by atoms with van der Waals surface area (Å²) in [6, 6.07) is 10.4. The monoisotopic (exact) mass is 308 g/mol. The normalized spacial score (nSPS) is 10.9. The molecule has 23 heavy (non-hydrogen) atoms. The second-order valence-electron chi connectivity index (χ2n) is 5.62. The number of hydrogen-bond donors (Lipinski definition) is 1. The highest BCUT2D eigenvalue weighted by Crippen LogP contribution is 2.30. The van der Waals surface area contributed by atoms with Crippen LogP contribution in [0.1, 0.15) is 18.2 Å². The van der Waals surface area contributed by atoms with E-state index in [9.17, 15) is 4.79 Å². The molecule has 5 heteroatoms. The number of nitrogens with zero attached hydrogens (tertiary/aromatic N) is 3. The lowest BCUT2D eigenvalue weighted by Crippen LogP contribution is -2.27. The first-order chi connectivity index (χ1) is 11.1. The average molecular weight is 308 g/mol. The van der Waals surface area contributed by atoms with Crippen LogP contribution < -0.4 is 5.32 Å². The molecule has 118 valence electrons. The van der Waals surface area contributed by atoms with Crippen LogP contribution in [0.2, 0.25) is 0 Å². The van der Waals surface area contributed by atoms with Gasteiger partial charge in [-0.2, -0.15) is 5.10 Å². The smallest absolute Gasteiger partial charge is 0.241 e. The molecular formula is C18H20N4O. The highest BCUT2D eigenvalue weighted by Gasteiger charge is 2.15. The van der Waals surface area contributed by atoms with Crippen molar-refractivity contribution in [3.8, 4) is 11.1 Å². The SMILES string of the molecule is CCNC(=O)Cn1nc(C)c2c(-c3cccc(C)c3)ccnc21. The summed E-state index contributed by atoms with van der Waals surface area (Å²) in [5.74, 6) is -0.0559. The van der Waals surface area contributed by atoms with Gasteiger partial charge in [-0.1, -0.05) is 29.8 Å². The Morgan fingerprint density at radius 3 is 2.83 bits per heavy atom. The first kappa shape index (κ1) is 15.2. The molecule has 5 nitrogen and oxygen atoms in total. The van der Waals surface area contributed by atoms with E-state index in [0.29, 0.717) is 6.54 Å². The van der Waals surface area contributed by atoms with Crippen LogP contribution in [0.25, 0.3) is 22.2 Å². The summed E-state index contributed by atoms with van der Waals surface area (Å²) in [6.07, 6.45) is 1.77. The summed E-state index contributed by atoms with van der Waals surface area (Å²) in [5, 5.41) is 8.31. The van der Waals surface area contributed by atoms with Crippen molar-refractivity contribution in [2.45, 2.75) is 27.3 Å². The van der Waals surface area contributed by atoms with Gasteiger partial charge in [-0.05, 0) is 38.0 Å². The Hall–Kier alpha value is -2.69. The molecule has 0 bridgehead atoms. The van der Waals surface area contributed by atoms with Gasteiger partial charge in [0.2, 0.25) is 5.91 Å². The number of amides is 1. The minimum atomic E-state index is -0.0559. The summed E-state index contributed by atoms with van der Waals surface area (Å²) in [7, 11) is 0. The molecule has 0 saturated carbocycles. The second-order valence-corrected chi connectivity index (χ2v) is 5.62. The second kappa shape index (κ2) is 6.20. The van der Waals surface area contributed by atoms with Gasteiger partial charge in [0.05, 0.1) is 5.69 Å². The van der Waals surface area contributed by atoms with Gasteiger partial charge >= 0.3 is 0 Å². The van der Waals surface area contributed by atoms with Crippen LogP contribution in [0, 0.1) is 13.8 Å². The standard InChI is InChI=1S/C18H20N4O/c1-4-19-16(23)11-22-18-17(13(3)21-22)15(8-9-20-18)14-7-5-6-12(2)10-14/h5-10H,4,11H2,1-3H3,(H,19,23). The Morgan fingerprint density at radius 1 is 1.26 bits per heavy atom. The van der Waals surface area contributed by atoms with Crippen LogP contribution >= 0.6 is 0 Å². The molecule has 0 unspecified atom stereocenters. The maximum Gasteiger partial charge on any atom is 0.241 e. The summed E-state index contributed by atoms with van der Waals surface area (Å²) >= 11 is 0. The fraction of sp³-hybridized carbons (Fsp3) is 0.278. The molecule has 3 aromatic rings. The van der Waals surface area contributed by atoms with Crippen LogP contribution in [0.5, 0.6) is 0 Å². The minimum Gasteiger partial charge on any atom is -0.355 e. The van der Waals surface area contributed by atoms with E-state index in [2.05, 4.69) is 40.5 Å². The highest BCUT2D eigenvalue weighted by atomic mass is 16.2. The molecule has 1 amide bonds. The lowest BCUT2D eigenvalue weighted by molar-refractivity contribution is -0.121. The predicted molar refractivity (Wildman–Crippen MR) is 91.1 cm³/mol. The maximum atomic E-state index is 11.9. The maximum absolute atomic E-state index is 11.9. The van der Waals surface area contributed by atoms with E-state index < -0.39 is 0 Å². The van der Waals surface area contributed by atoms with Crippen molar-refractivity contribution in [1.82, 2.24) is 20.1 Å². The molecule has 0 radical (unpaired) electrons. The molecule has 0 fully saturated rings. The molecule has 2 aromatic heterocycles. The van der Waals surface area contributed by atoms with Gasteiger partial charge in [0.1, 0.15) is 6.54 Å². The zero-order valence-corrected chi connectivity index (χ0v) is 13.6. The van der Waals surface area contributed by atoms with Gasteiger partial charge < -0.3 is 5.32 Å². The summed E-state index contributed by atoms with van der Waals surface area (Å²) in [6.45, 7) is 6.73. The first-order valence-corrected chi connectivity index (χ1v) is 7.76. The minimum absolute atomic E-state index is 0.0559. The molecule has 1 aromatic carbocycles. The van der Waals surface area contributed by atoms with Gasteiger partial charge in [-0.15, -0.1) is 0 Å². The molecule has 0 saturated heterocycles. The number of carbonyl (C=O) groups excluding carboxylic acids is 1. The van der Waals surface area contributed by atoms with Crippen LogP contribution in [-0.2, 0) is 11.3 Å². The number of hydrogen-bond acceptors (Lipinski definition) is 3. The number of nitrogens with one attached hydrogen (secondary N) is 1. The van der Waals surface area contributed by atoms with Gasteiger partial charge in [-0.3, -0.25) is 4.79 Å². The fourth-order valence-corrected chi connectivity index (χ4v) is 2.83. The fourth-order valence-electron chi connectivity index (χ4n) is 2.83. The number of pyridine rings is 1. The summed E-state index contributed by atoms with van der Waals surface area (Å²) in [4.78, 5) is 16.3. The molecule has 2 heterocycles. The molecule has 3 rings (SSSR count). The Bertz CT molecular complexity index is 867. The van der Waals surface area contributed by atoms with E-state index in [-0.39, 0.29) is 12.5 Å². The van der Waals surface area contributed by atoms with Gasteiger partial charge in [0.15, 0.2) is 5.65 Å². The number of aromatic nitrogens is 3. The van der Waals surface area contributed by atoms with Gasteiger partial charge in [0, 0.05) is 18.1 Å². The topological polar surface area (TPSA) is 59.8 Å². The number of aryl methyl sites for hydroxylation is 2. The van der Waals surface area contributed by atoms with Crippen LogP contribution in [-0.4, -0.2) is 27.2 Å². The molecular weight excluding hydrogens is 288 g/mol. The van der Waals surface area contributed by atoms with Crippen molar-refractivity contribution in [2.75, 3.05) is 6.54 Å². The molecule has 1 N–H and O–H groups in total. The van der Waals surface area contributed by atoms with Gasteiger partial charge in [0.25, 0.3) is 0 Å². The molecule has 0 aliphatic carbocycles. The molecule has 0 spiro atoms. The summed E-state index contributed by atoms with van der Waals surface area (Å²) < 4.78 is 1.68. The molecule has 0 aliphatic heterocycles. The van der Waals surface area contributed by atoms with Crippen molar-refractivity contribution in [3.05, 3.63) is 47.8 Å². The average Bonchev–Trinajstić information content (AvgIpc) is 2.84. The third-order valence-electron chi connectivity index (χ3n) is 3.80. The van der Waals surface area contributed by atoms with Crippen LogP contribution in [0.3, 0.4) is 0 Å². The largest absolute Gasteiger partial charge is 0.355 e. The van der Waals surface area contributed by atoms with Crippen LogP contribution in [0.4, 0.5) is 0 Å². The summed E-state index contributed by atoms with van der Waals surface area (Å²) in [5.41, 5.74) is 5.07. The Kier molecular flexibility index (Phi) is 4.10. The van der Waals surface area contributed by atoms with Crippen molar-refractivity contribution >= 4 is 16.9 Å². The first-order valence-electron chi connectivity index (χ1n) is 7.76. The van der Waals surface area contributed by atoms with Crippen molar-refractivity contribution in [3.63, 3.8) is 0 Å². The van der Waals surface area contributed by atoms with E-state index in [4.69, 9.17) is 0 Å². The molecule has 0 aliphatic rings. The number of fused-ring (bicyclic) bond motifs is 1. The predicted octanol–water partition coefficient (Wildman–Crippen LogP) is 2.85. The third-order valence-corrected chi connectivity index (χ3v) is 3.80. The third kappa shape index (κ3) is 2.95. The van der Waals surface area contributed by atoms with Gasteiger partial charge in [-0.25, -0.2) is 9.67 Å². The Balaban J connectivity index is 2.12. The van der Waals surface area contributed by atoms with Crippen molar-refractivity contribution in [2.24, 2.45) is 0 Å².